The van der Waals surface area contributed by atoms with E-state index in [4.69, 9.17) is 16.3 Å². The molecular weight excluding hydrogens is 476 g/mol. The second-order valence-corrected chi connectivity index (χ2v) is 8.72. The van der Waals surface area contributed by atoms with Crippen molar-refractivity contribution in [2.24, 2.45) is 5.10 Å². The molecular formula is C28H23ClN4O3. The summed E-state index contributed by atoms with van der Waals surface area (Å²) in [5.74, 6) is 0.790. The summed E-state index contributed by atoms with van der Waals surface area (Å²) in [5, 5.41) is 20.0. The molecule has 3 aromatic carbocycles. The predicted octanol–water partition coefficient (Wildman–Crippen LogP) is 6.40. The first kappa shape index (κ1) is 23.4. The first-order valence-corrected chi connectivity index (χ1v) is 11.8. The summed E-state index contributed by atoms with van der Waals surface area (Å²) in [7, 11) is 0. The number of benzene rings is 3. The van der Waals surface area contributed by atoms with Gasteiger partial charge in [0.05, 0.1) is 11.8 Å². The molecule has 0 fully saturated rings. The minimum atomic E-state index is -0.455. The molecule has 0 saturated heterocycles. The molecule has 180 valence electrons. The Morgan fingerprint density at radius 1 is 1.03 bits per heavy atom. The Morgan fingerprint density at radius 2 is 1.81 bits per heavy atom. The molecule has 8 heteroatoms. The summed E-state index contributed by atoms with van der Waals surface area (Å²) in [6, 6.07) is 24.4. The molecule has 0 spiro atoms. The molecule has 0 aliphatic carbocycles. The lowest BCUT2D eigenvalue weighted by molar-refractivity contribution is 0.199. The van der Waals surface area contributed by atoms with Crippen LogP contribution in [0.15, 0.2) is 102 Å². The van der Waals surface area contributed by atoms with E-state index in [2.05, 4.69) is 15.4 Å². The monoisotopic (exact) mass is 498 g/mol. The molecule has 0 radical (unpaired) electrons. The van der Waals surface area contributed by atoms with Crippen molar-refractivity contribution >= 4 is 29.0 Å². The molecule has 7 nitrogen and oxygen atoms in total. The fraction of sp³-hybridized carbons (Fsp3) is 0.107. The highest BCUT2D eigenvalue weighted by Gasteiger charge is 2.34. The van der Waals surface area contributed by atoms with E-state index >= 15 is 0 Å². The van der Waals surface area contributed by atoms with Crippen molar-refractivity contribution < 1.29 is 14.6 Å². The number of hydrogen-bond acceptors (Lipinski definition) is 5. The molecule has 1 unspecified atom stereocenters. The van der Waals surface area contributed by atoms with Gasteiger partial charge in [0, 0.05) is 40.7 Å². The van der Waals surface area contributed by atoms with Gasteiger partial charge in [0.2, 0.25) is 0 Å². The molecule has 0 bridgehead atoms. The Hall–Kier alpha value is -4.36. The standard InChI is InChI=1S/C28H23ClN4O3/c29-21-9-7-19(8-10-21)18-36-23-13-11-22(12-14-23)31-28(35)33-26(24-5-1-2-6-27(24)34)16-25(32-33)20-4-3-15-30-17-20/h1-15,17,26,34H,16,18H2,(H,31,35). The molecule has 4 aromatic rings. The zero-order chi connectivity index (χ0) is 24.9. The summed E-state index contributed by atoms with van der Waals surface area (Å²) in [5.41, 5.74) is 3.78. The number of pyridine rings is 1. The lowest BCUT2D eigenvalue weighted by Crippen LogP contribution is -2.31. The van der Waals surface area contributed by atoms with Crippen LogP contribution in [0.25, 0.3) is 0 Å². The lowest BCUT2D eigenvalue weighted by atomic mass is 9.98. The van der Waals surface area contributed by atoms with Gasteiger partial charge in [0.25, 0.3) is 0 Å². The number of ether oxygens (including phenoxy) is 1. The smallest absolute Gasteiger partial charge is 0.342 e. The average molecular weight is 499 g/mol. The number of aromatic hydroxyl groups is 1. The van der Waals surface area contributed by atoms with Gasteiger partial charge in [-0.1, -0.05) is 48.0 Å². The molecule has 2 heterocycles. The highest BCUT2D eigenvalue weighted by atomic mass is 35.5. The summed E-state index contributed by atoms with van der Waals surface area (Å²) in [6.07, 6.45) is 3.85. The number of hydrazone groups is 1. The van der Waals surface area contributed by atoms with Gasteiger partial charge in [0.1, 0.15) is 18.1 Å². The number of para-hydroxylation sites is 1. The van der Waals surface area contributed by atoms with E-state index in [0.717, 1.165) is 16.8 Å². The quantitative estimate of drug-likeness (QED) is 0.322. The number of carbonyl (C=O) groups is 1. The SMILES string of the molecule is O=C(Nc1ccc(OCc2ccc(Cl)cc2)cc1)N1N=C(c2cccnc2)CC1c1ccccc1O. The van der Waals surface area contributed by atoms with Gasteiger partial charge in [0.15, 0.2) is 0 Å². The van der Waals surface area contributed by atoms with Crippen molar-refractivity contribution in [1.29, 1.82) is 0 Å². The molecule has 1 aliphatic heterocycles. The normalized spacial score (nSPS) is 14.9. The summed E-state index contributed by atoms with van der Waals surface area (Å²) in [4.78, 5) is 17.4. The van der Waals surface area contributed by atoms with E-state index in [1.807, 2.05) is 42.5 Å². The topological polar surface area (TPSA) is 87.0 Å². The molecule has 1 aliphatic rings. The molecule has 1 aromatic heterocycles. The Labute approximate surface area is 213 Å². The van der Waals surface area contributed by atoms with Crippen LogP contribution in [-0.4, -0.2) is 26.8 Å². The van der Waals surface area contributed by atoms with Gasteiger partial charge in [-0.05, 0) is 54.1 Å². The molecule has 1 atom stereocenters. The summed E-state index contributed by atoms with van der Waals surface area (Å²) in [6.45, 7) is 0.407. The van der Waals surface area contributed by atoms with Crippen LogP contribution in [0.3, 0.4) is 0 Å². The number of nitrogens with zero attached hydrogens (tertiary/aromatic N) is 3. The maximum absolute atomic E-state index is 13.3. The van der Waals surface area contributed by atoms with Crippen LogP contribution in [0.4, 0.5) is 10.5 Å². The number of phenolic OH excluding ortho intramolecular Hbond substituents is 1. The first-order valence-electron chi connectivity index (χ1n) is 11.4. The van der Waals surface area contributed by atoms with Crippen LogP contribution < -0.4 is 10.1 Å². The Kier molecular flexibility index (Phi) is 6.82. The third-order valence-electron chi connectivity index (χ3n) is 5.83. The number of amides is 2. The predicted molar refractivity (Wildman–Crippen MR) is 139 cm³/mol. The minimum absolute atomic E-state index is 0.116. The van der Waals surface area contributed by atoms with E-state index < -0.39 is 12.1 Å². The van der Waals surface area contributed by atoms with Gasteiger partial charge in [-0.3, -0.25) is 4.98 Å². The van der Waals surface area contributed by atoms with Crippen molar-refractivity contribution in [2.45, 2.75) is 19.1 Å². The zero-order valence-corrected chi connectivity index (χ0v) is 20.0. The van der Waals surface area contributed by atoms with Crippen molar-refractivity contribution in [2.75, 3.05) is 5.32 Å². The number of anilines is 1. The van der Waals surface area contributed by atoms with E-state index in [9.17, 15) is 9.90 Å². The van der Waals surface area contributed by atoms with Crippen LogP contribution in [0.1, 0.15) is 29.2 Å². The third-order valence-corrected chi connectivity index (χ3v) is 6.09. The molecule has 36 heavy (non-hydrogen) atoms. The van der Waals surface area contributed by atoms with Crippen LogP contribution >= 0.6 is 11.6 Å². The Morgan fingerprint density at radius 3 is 2.53 bits per heavy atom. The van der Waals surface area contributed by atoms with Gasteiger partial charge < -0.3 is 15.2 Å². The second kappa shape index (κ2) is 10.5. The third kappa shape index (κ3) is 5.31. The van der Waals surface area contributed by atoms with Crippen molar-refractivity contribution in [1.82, 2.24) is 9.99 Å². The number of urea groups is 1. The summed E-state index contributed by atoms with van der Waals surface area (Å²) < 4.78 is 5.82. The molecule has 0 saturated carbocycles. The molecule has 2 N–H and O–H groups in total. The van der Waals surface area contributed by atoms with Crippen LogP contribution in [-0.2, 0) is 6.61 Å². The number of aromatic nitrogens is 1. The molecule has 2 amide bonds. The van der Waals surface area contributed by atoms with Crippen molar-refractivity contribution in [3.63, 3.8) is 0 Å². The van der Waals surface area contributed by atoms with Crippen LogP contribution in [0, 0.1) is 0 Å². The van der Waals surface area contributed by atoms with Crippen LogP contribution in [0.2, 0.25) is 5.02 Å². The van der Waals surface area contributed by atoms with E-state index in [1.165, 1.54) is 5.01 Å². The zero-order valence-electron chi connectivity index (χ0n) is 19.2. The average Bonchev–Trinajstić information content (AvgIpc) is 3.35. The van der Waals surface area contributed by atoms with Crippen molar-refractivity contribution in [3.8, 4) is 11.5 Å². The summed E-state index contributed by atoms with van der Waals surface area (Å²) >= 11 is 5.92. The minimum Gasteiger partial charge on any atom is -0.508 e. The van der Waals surface area contributed by atoms with Gasteiger partial charge >= 0.3 is 6.03 Å². The number of nitrogens with one attached hydrogen (secondary N) is 1. The van der Waals surface area contributed by atoms with E-state index in [-0.39, 0.29) is 5.75 Å². The van der Waals surface area contributed by atoms with Gasteiger partial charge in [-0.2, -0.15) is 5.10 Å². The fourth-order valence-electron chi connectivity index (χ4n) is 3.98. The molecule has 5 rings (SSSR count). The highest BCUT2D eigenvalue weighted by Crippen LogP contribution is 2.37. The van der Waals surface area contributed by atoms with Crippen LogP contribution in [0.5, 0.6) is 11.5 Å². The maximum atomic E-state index is 13.3. The maximum Gasteiger partial charge on any atom is 0.342 e. The lowest BCUT2D eigenvalue weighted by Gasteiger charge is -2.23. The number of hydrogen-bond donors (Lipinski definition) is 2. The number of rotatable bonds is 6. The van der Waals surface area contributed by atoms with Gasteiger partial charge in [-0.15, -0.1) is 0 Å². The van der Waals surface area contributed by atoms with E-state index in [1.54, 1.807) is 54.9 Å². The van der Waals surface area contributed by atoms with Crippen molar-refractivity contribution in [3.05, 3.63) is 119 Å². The Bertz CT molecular complexity index is 1380. The largest absolute Gasteiger partial charge is 0.508 e. The highest BCUT2D eigenvalue weighted by molar-refractivity contribution is 6.30. The number of phenols is 1. The first-order chi connectivity index (χ1) is 17.6. The second-order valence-electron chi connectivity index (χ2n) is 8.28. The van der Waals surface area contributed by atoms with E-state index in [0.29, 0.717) is 35.1 Å². The fourth-order valence-corrected chi connectivity index (χ4v) is 4.11. The number of carbonyl (C=O) groups excluding carboxylic acids is 1. The Balaban J connectivity index is 1.30. The van der Waals surface area contributed by atoms with Gasteiger partial charge in [-0.25, -0.2) is 9.80 Å². The number of halogens is 1.